The van der Waals surface area contributed by atoms with Crippen molar-refractivity contribution < 1.29 is 53.3 Å². The van der Waals surface area contributed by atoms with Gasteiger partial charge in [-0.15, -0.1) is 0 Å². The van der Waals surface area contributed by atoms with Crippen molar-refractivity contribution in [2.24, 2.45) is 0 Å². The summed E-state index contributed by atoms with van der Waals surface area (Å²) < 4.78 is 5.83. The van der Waals surface area contributed by atoms with Crippen LogP contribution in [0.25, 0.3) is 0 Å². The minimum atomic E-state index is -1.71. The normalized spacial score (nSPS) is 26.4. The van der Waals surface area contributed by atoms with E-state index in [0.717, 1.165) is 10.6 Å². The van der Waals surface area contributed by atoms with Crippen LogP contribution in [0.2, 0.25) is 0 Å². The van der Waals surface area contributed by atoms with Gasteiger partial charge in [-0.2, -0.15) is 0 Å². The number of hydrogen-bond acceptors (Lipinski definition) is 13. The van der Waals surface area contributed by atoms with Gasteiger partial charge in [-0.25, -0.2) is 9.78 Å². The molecule has 340 valence electrons. The average molecular weight is 883 g/mol. The minimum Gasteiger partial charge on any atom is -0.505 e. The minimum absolute atomic E-state index is 0.0389. The maximum absolute atomic E-state index is 15.0. The van der Waals surface area contributed by atoms with Crippen molar-refractivity contribution in [3.05, 3.63) is 89.7 Å². The number of carbonyl (C=O) groups is 8. The number of piperidine rings is 1. The number of esters is 1. The average Bonchev–Trinajstić information content (AvgIpc) is 3.78. The molecule has 0 aliphatic carbocycles. The molecule has 5 N–H and O–H groups in total. The summed E-state index contributed by atoms with van der Waals surface area (Å²) in [5, 5.41) is 29.0. The molecule has 3 saturated heterocycles. The van der Waals surface area contributed by atoms with Crippen LogP contribution in [0.5, 0.6) is 5.75 Å². The Morgan fingerprint density at radius 3 is 2.25 bits per heavy atom. The highest BCUT2D eigenvalue weighted by Crippen LogP contribution is 2.27. The van der Waals surface area contributed by atoms with Gasteiger partial charge in [0, 0.05) is 52.4 Å². The second-order valence-corrected chi connectivity index (χ2v) is 16.4. The van der Waals surface area contributed by atoms with E-state index in [9.17, 15) is 48.6 Å². The number of fused-ring (bicyclic) bond motifs is 2. The van der Waals surface area contributed by atoms with E-state index in [0.29, 0.717) is 12.0 Å². The van der Waals surface area contributed by atoms with Gasteiger partial charge < -0.3 is 50.5 Å². The summed E-state index contributed by atoms with van der Waals surface area (Å²) in [5.41, 5.74) is 1.28. The lowest BCUT2D eigenvalue weighted by atomic mass is 9.94. The Morgan fingerprint density at radius 1 is 0.891 bits per heavy atom. The van der Waals surface area contributed by atoms with Gasteiger partial charge in [-0.1, -0.05) is 49.4 Å². The molecule has 6 rings (SSSR count). The number of ether oxygens (including phenoxy) is 1. The summed E-state index contributed by atoms with van der Waals surface area (Å²) in [4.78, 5) is 123. The van der Waals surface area contributed by atoms with Gasteiger partial charge in [0.15, 0.2) is 17.5 Å². The van der Waals surface area contributed by atoms with Crippen LogP contribution in [0.15, 0.2) is 72.9 Å². The Balaban J connectivity index is 1.45. The largest absolute Gasteiger partial charge is 0.505 e. The van der Waals surface area contributed by atoms with Gasteiger partial charge in [0.1, 0.15) is 48.2 Å². The number of hydrogen-bond donors (Lipinski definition) is 5. The number of aliphatic hydroxyl groups is 1. The monoisotopic (exact) mass is 882 g/mol. The van der Waals surface area contributed by atoms with Gasteiger partial charge in [-0.05, 0) is 61.6 Å². The zero-order valence-electron chi connectivity index (χ0n) is 36.3. The van der Waals surface area contributed by atoms with Crippen molar-refractivity contribution in [3.8, 4) is 5.75 Å². The van der Waals surface area contributed by atoms with Crippen molar-refractivity contribution in [1.82, 2.24) is 35.6 Å². The van der Waals surface area contributed by atoms with Gasteiger partial charge in [-0.3, -0.25) is 33.6 Å². The van der Waals surface area contributed by atoms with Crippen molar-refractivity contribution in [3.63, 3.8) is 0 Å². The van der Waals surface area contributed by atoms with Crippen LogP contribution in [0.4, 0.5) is 5.69 Å². The molecule has 0 spiro atoms. The molecule has 8 atom stereocenters. The van der Waals surface area contributed by atoms with E-state index in [2.05, 4.69) is 20.9 Å². The first kappa shape index (κ1) is 46.6. The maximum Gasteiger partial charge on any atom is 0.333 e. The Kier molecular flexibility index (Phi) is 14.6. The first-order valence-corrected chi connectivity index (χ1v) is 21.2. The Hall–Kier alpha value is -6.89. The van der Waals surface area contributed by atoms with Crippen LogP contribution < -0.4 is 20.9 Å². The summed E-state index contributed by atoms with van der Waals surface area (Å²) in [7, 11) is 5.15. The molecule has 0 saturated carbocycles. The van der Waals surface area contributed by atoms with Gasteiger partial charge in [0.2, 0.25) is 29.5 Å². The van der Waals surface area contributed by atoms with Crippen LogP contribution in [0.3, 0.4) is 0 Å². The number of nitrogens with one attached hydrogen (secondary N) is 3. The number of aromatic nitrogens is 1. The number of rotatable bonds is 7. The number of likely N-dealkylation sites (N-methyl/N-ethyl adjacent to an activating group) is 1. The summed E-state index contributed by atoms with van der Waals surface area (Å²) in [6, 6.07) is 9.22. The van der Waals surface area contributed by atoms with Crippen molar-refractivity contribution in [2.75, 3.05) is 39.1 Å². The fourth-order valence-electron chi connectivity index (χ4n) is 8.20. The van der Waals surface area contributed by atoms with Crippen molar-refractivity contribution in [1.29, 1.82) is 0 Å². The summed E-state index contributed by atoms with van der Waals surface area (Å²) in [6.07, 6.45) is -1.94. The van der Waals surface area contributed by atoms with Crippen molar-refractivity contribution >= 4 is 52.9 Å². The summed E-state index contributed by atoms with van der Waals surface area (Å²) in [5.74, 6) is -7.26. The summed E-state index contributed by atoms with van der Waals surface area (Å²) >= 11 is 0. The SMILES string of the molecule is CC[C@H]1NC(=O)[C@@H](NC(=O)c2ncccc2O)[C@@H](C)OC(=O)[C@H](c2ccccc2)NC(=O)[C@@H]2CC(=O)C(O)CN2C(=O)[C@H](Cc2ccc(N(C)C)cc2)N(C)C(=O)[C@@H]2CCCN2C1=O. The zero-order chi connectivity index (χ0) is 46.4. The molecule has 19 heteroatoms. The third-order valence-electron chi connectivity index (χ3n) is 11.9. The number of aromatic hydroxyl groups is 1. The standard InChI is InChI=1S/C45H54N8O11/c1-6-29-42(60)52-21-11-14-30(52)43(61)51(5)32(22-26-16-18-28(19-17-26)50(3)4)44(62)53-24-35(56)34(55)23-31(53)39(57)49-37(27-12-8-7-9-13-27)45(63)64-25(2)36(40(58)47-29)48-41(59)38-33(54)15-10-20-46-38/h7-10,12-13,15-20,25,29-32,35-37,54,56H,6,11,14,21-24H2,1-5H3,(H,47,58)(H,48,59)(H,49,57)/t25-,29-,30+,31+,32+,35?,36+,37+/m1/s1. The molecule has 64 heavy (non-hydrogen) atoms. The predicted molar refractivity (Wildman–Crippen MR) is 229 cm³/mol. The smallest absolute Gasteiger partial charge is 0.333 e. The quantitative estimate of drug-likeness (QED) is 0.200. The molecule has 3 fully saturated rings. The second kappa shape index (κ2) is 20.1. The second-order valence-electron chi connectivity index (χ2n) is 16.4. The van der Waals surface area contributed by atoms with E-state index in [4.69, 9.17) is 4.74 Å². The highest BCUT2D eigenvalue weighted by atomic mass is 16.5. The predicted octanol–water partition coefficient (Wildman–Crippen LogP) is 0.241. The lowest BCUT2D eigenvalue weighted by Crippen LogP contribution is -2.63. The first-order chi connectivity index (χ1) is 30.5. The number of cyclic esters (lactones) is 1. The van der Waals surface area contributed by atoms with E-state index >= 15 is 0 Å². The van der Waals surface area contributed by atoms with Crippen LogP contribution in [0, 0.1) is 0 Å². The number of ketones is 1. The maximum atomic E-state index is 15.0. The molecule has 2 aromatic carbocycles. The number of amides is 6. The van der Waals surface area contributed by atoms with Crippen LogP contribution in [-0.4, -0.2) is 154 Å². The molecule has 3 aliphatic rings. The zero-order valence-corrected chi connectivity index (χ0v) is 36.3. The molecule has 1 aromatic heterocycles. The molecular weight excluding hydrogens is 829 g/mol. The van der Waals surface area contributed by atoms with Crippen molar-refractivity contribution in [2.45, 2.75) is 94.4 Å². The Bertz CT molecular complexity index is 2260. The lowest BCUT2D eigenvalue weighted by Gasteiger charge is -2.41. The van der Waals surface area contributed by atoms with Gasteiger partial charge in [0.25, 0.3) is 5.91 Å². The highest BCUT2D eigenvalue weighted by Gasteiger charge is 2.47. The highest BCUT2D eigenvalue weighted by molar-refractivity contribution is 6.01. The topological polar surface area (TPSA) is 248 Å². The van der Waals surface area contributed by atoms with Gasteiger partial charge >= 0.3 is 5.97 Å². The molecule has 0 radical (unpaired) electrons. The van der Waals surface area contributed by atoms with E-state index in [1.54, 1.807) is 37.3 Å². The molecule has 1 unspecified atom stereocenters. The number of benzene rings is 2. The number of pyridine rings is 1. The van der Waals surface area contributed by atoms with Crippen LogP contribution in [0.1, 0.15) is 67.2 Å². The fourth-order valence-corrected chi connectivity index (χ4v) is 8.20. The van der Waals surface area contributed by atoms with E-state index in [1.807, 2.05) is 31.1 Å². The molecule has 3 aromatic rings. The summed E-state index contributed by atoms with van der Waals surface area (Å²) in [6.45, 7) is 2.48. The number of carbonyl (C=O) groups excluding carboxylic acids is 8. The number of anilines is 1. The molecule has 3 aliphatic heterocycles. The molecule has 4 heterocycles. The molecule has 19 nitrogen and oxygen atoms in total. The van der Waals surface area contributed by atoms with Crippen LogP contribution in [-0.2, 0) is 44.7 Å². The molecular formula is C45H54N8O11. The number of nitrogens with zero attached hydrogens (tertiary/aromatic N) is 5. The van der Waals surface area contributed by atoms with E-state index in [-0.39, 0.29) is 31.4 Å². The Morgan fingerprint density at radius 2 is 1.59 bits per heavy atom. The van der Waals surface area contributed by atoms with Gasteiger partial charge in [0.05, 0.1) is 6.54 Å². The third-order valence-corrected chi connectivity index (χ3v) is 11.9. The third kappa shape index (κ3) is 10.1. The van der Waals surface area contributed by atoms with Crippen LogP contribution >= 0.6 is 0 Å². The number of aliphatic hydroxyl groups excluding tert-OH is 1. The number of Topliss-reactive ketones (excluding diaryl/α,β-unsaturated/α-hetero) is 1. The van der Waals surface area contributed by atoms with E-state index < -0.39 is 120 Å². The Labute approximate surface area is 370 Å². The first-order valence-electron chi connectivity index (χ1n) is 21.2. The molecule has 6 amide bonds. The lowest BCUT2D eigenvalue weighted by molar-refractivity contribution is -0.159. The van der Waals surface area contributed by atoms with E-state index in [1.165, 1.54) is 54.2 Å². The fraction of sp³-hybridized carbons (Fsp3) is 0.444. The molecule has 0 bridgehead atoms.